The van der Waals surface area contributed by atoms with Gasteiger partial charge in [-0.05, 0) is 56.6 Å². The molecule has 0 unspecified atom stereocenters. The molecule has 146 valence electrons. The molecule has 0 spiro atoms. The van der Waals surface area contributed by atoms with Crippen LogP contribution in [0.15, 0.2) is 24.3 Å². The summed E-state index contributed by atoms with van der Waals surface area (Å²) in [6.07, 6.45) is 9.64. The smallest absolute Gasteiger partial charge is 0.411 e. The Morgan fingerprint density at radius 1 is 1.00 bits per heavy atom. The molecule has 0 atom stereocenters. The summed E-state index contributed by atoms with van der Waals surface area (Å²) >= 11 is 0. The third-order valence-corrected chi connectivity index (χ3v) is 4.71. The van der Waals surface area contributed by atoms with Gasteiger partial charge in [-0.2, -0.15) is 0 Å². The fourth-order valence-corrected chi connectivity index (χ4v) is 3.13. The molecule has 1 amide bonds. The Balaban J connectivity index is 1.55. The lowest BCUT2D eigenvalue weighted by molar-refractivity contribution is 0.146. The van der Waals surface area contributed by atoms with Gasteiger partial charge in [0.25, 0.3) is 0 Å². The monoisotopic (exact) mass is 362 g/mol. The van der Waals surface area contributed by atoms with E-state index < -0.39 is 6.09 Å². The molecule has 0 aliphatic carbocycles. The quantitative estimate of drug-likeness (QED) is 0.527. The Labute approximate surface area is 158 Å². The topological polar surface area (TPSA) is 50.8 Å². The summed E-state index contributed by atoms with van der Waals surface area (Å²) < 4.78 is 11.0. The maximum atomic E-state index is 11.8. The van der Waals surface area contributed by atoms with Crippen LogP contribution in [0.25, 0.3) is 0 Å². The predicted molar refractivity (Wildman–Crippen MR) is 106 cm³/mol. The summed E-state index contributed by atoms with van der Waals surface area (Å²) in [5.74, 6) is 0.839. The number of carbonyl (C=O) groups excluding carboxylic acids is 1. The second kappa shape index (κ2) is 12.6. The number of benzene rings is 1. The first kappa shape index (κ1) is 20.6. The van der Waals surface area contributed by atoms with E-state index in [1.807, 2.05) is 24.3 Å². The number of hydrogen-bond acceptors (Lipinski definition) is 4. The van der Waals surface area contributed by atoms with E-state index >= 15 is 0 Å². The first-order valence-corrected chi connectivity index (χ1v) is 10.2. The molecular formula is C21H34N2O3. The summed E-state index contributed by atoms with van der Waals surface area (Å²) in [6.45, 7) is 6.47. The zero-order valence-corrected chi connectivity index (χ0v) is 16.2. The van der Waals surface area contributed by atoms with Crippen molar-refractivity contribution >= 4 is 11.8 Å². The highest BCUT2D eigenvalue weighted by molar-refractivity contribution is 5.84. The molecule has 1 N–H and O–H groups in total. The van der Waals surface area contributed by atoms with Crippen LogP contribution in [-0.4, -0.2) is 43.8 Å². The molecule has 5 nitrogen and oxygen atoms in total. The number of unbranched alkanes of at least 4 members (excludes halogenated alkanes) is 5. The molecule has 1 aromatic rings. The minimum atomic E-state index is -0.398. The van der Waals surface area contributed by atoms with E-state index in [-0.39, 0.29) is 0 Å². The average Bonchev–Trinajstić information content (AvgIpc) is 3.16. The van der Waals surface area contributed by atoms with Gasteiger partial charge in [-0.1, -0.05) is 39.0 Å². The predicted octanol–water partition coefficient (Wildman–Crippen LogP) is 5.07. The number of anilines is 1. The molecule has 0 bridgehead atoms. The van der Waals surface area contributed by atoms with E-state index in [0.29, 0.717) is 6.61 Å². The van der Waals surface area contributed by atoms with Gasteiger partial charge >= 0.3 is 6.09 Å². The molecule has 1 saturated heterocycles. The van der Waals surface area contributed by atoms with Crippen LogP contribution in [0.3, 0.4) is 0 Å². The van der Waals surface area contributed by atoms with Crippen LogP contribution in [0.2, 0.25) is 0 Å². The molecular weight excluding hydrogens is 328 g/mol. The molecule has 5 heteroatoms. The Morgan fingerprint density at radius 3 is 2.42 bits per heavy atom. The van der Waals surface area contributed by atoms with E-state index in [9.17, 15) is 4.79 Å². The van der Waals surface area contributed by atoms with Crippen LogP contribution >= 0.6 is 0 Å². The Morgan fingerprint density at radius 2 is 1.69 bits per heavy atom. The Kier molecular flexibility index (Phi) is 9.95. The maximum Gasteiger partial charge on any atom is 0.411 e. The third kappa shape index (κ3) is 8.56. The van der Waals surface area contributed by atoms with Crippen molar-refractivity contribution in [3.05, 3.63) is 24.3 Å². The van der Waals surface area contributed by atoms with Crippen molar-refractivity contribution in [1.82, 2.24) is 4.90 Å². The van der Waals surface area contributed by atoms with Gasteiger partial charge in [-0.3, -0.25) is 10.2 Å². The molecule has 2 rings (SSSR count). The molecule has 1 heterocycles. The Hall–Kier alpha value is -1.75. The van der Waals surface area contributed by atoms with Crippen molar-refractivity contribution in [2.45, 2.75) is 58.3 Å². The summed E-state index contributed by atoms with van der Waals surface area (Å²) in [4.78, 5) is 14.1. The van der Waals surface area contributed by atoms with Crippen LogP contribution in [0.5, 0.6) is 5.75 Å². The third-order valence-electron chi connectivity index (χ3n) is 4.71. The number of hydrogen-bond donors (Lipinski definition) is 1. The molecule has 26 heavy (non-hydrogen) atoms. The Bertz CT molecular complexity index is 498. The van der Waals surface area contributed by atoms with Crippen molar-refractivity contribution < 1.29 is 14.3 Å². The first-order chi connectivity index (χ1) is 12.8. The van der Waals surface area contributed by atoms with Gasteiger partial charge in [0, 0.05) is 12.2 Å². The van der Waals surface area contributed by atoms with E-state index in [4.69, 9.17) is 9.47 Å². The zero-order valence-electron chi connectivity index (χ0n) is 16.2. The van der Waals surface area contributed by atoms with E-state index in [1.54, 1.807) is 0 Å². The highest BCUT2D eigenvalue weighted by Gasteiger charge is 2.11. The van der Waals surface area contributed by atoms with E-state index in [0.717, 1.165) is 44.1 Å². The van der Waals surface area contributed by atoms with Crippen LogP contribution in [0, 0.1) is 0 Å². The minimum absolute atomic E-state index is 0.398. The lowest BCUT2D eigenvalue weighted by Crippen LogP contribution is -2.26. The first-order valence-electron chi connectivity index (χ1n) is 10.2. The summed E-state index contributed by atoms with van der Waals surface area (Å²) in [5.41, 5.74) is 0.725. The average molecular weight is 363 g/mol. The minimum Gasteiger partial charge on any atom is -0.494 e. The van der Waals surface area contributed by atoms with Crippen molar-refractivity contribution in [2.24, 2.45) is 0 Å². The van der Waals surface area contributed by atoms with Gasteiger partial charge in [0.15, 0.2) is 0 Å². The number of ether oxygens (including phenoxy) is 2. The summed E-state index contributed by atoms with van der Waals surface area (Å²) in [5, 5.41) is 2.76. The molecule has 1 fully saturated rings. The number of nitrogens with zero attached hydrogens (tertiary/aromatic N) is 1. The van der Waals surface area contributed by atoms with Crippen molar-refractivity contribution in [3.8, 4) is 5.75 Å². The fourth-order valence-electron chi connectivity index (χ4n) is 3.13. The van der Waals surface area contributed by atoms with Gasteiger partial charge in [0.05, 0.1) is 6.61 Å². The number of nitrogens with one attached hydrogen (secondary N) is 1. The number of likely N-dealkylation sites (tertiary alicyclic amines) is 1. The van der Waals surface area contributed by atoms with E-state index in [2.05, 4.69) is 17.1 Å². The highest BCUT2D eigenvalue weighted by atomic mass is 16.5. The molecule has 1 aliphatic rings. The molecule has 0 saturated carbocycles. The lowest BCUT2D eigenvalue weighted by Gasteiger charge is -2.14. The SMILES string of the molecule is CCCCCCCCOc1ccc(NC(=O)OCCN2CCCC2)cc1. The lowest BCUT2D eigenvalue weighted by atomic mass is 10.1. The standard InChI is InChI=1S/C21H34N2O3/c1-2-3-4-5-6-9-17-25-20-12-10-19(11-13-20)22-21(24)26-18-16-23-14-7-8-15-23/h10-13H,2-9,14-18H2,1H3,(H,22,24). The second-order valence-corrected chi connectivity index (χ2v) is 6.95. The van der Waals surface area contributed by atoms with Gasteiger partial charge < -0.3 is 9.47 Å². The van der Waals surface area contributed by atoms with Crippen LogP contribution in [-0.2, 0) is 4.74 Å². The van der Waals surface area contributed by atoms with Gasteiger partial charge in [0.2, 0.25) is 0 Å². The van der Waals surface area contributed by atoms with Crippen LogP contribution in [0.1, 0.15) is 58.3 Å². The molecule has 1 aromatic carbocycles. The maximum absolute atomic E-state index is 11.8. The number of carbonyl (C=O) groups is 1. The molecule has 0 aromatic heterocycles. The van der Waals surface area contributed by atoms with Gasteiger partial charge in [0.1, 0.15) is 12.4 Å². The zero-order chi connectivity index (χ0) is 18.5. The summed E-state index contributed by atoms with van der Waals surface area (Å²) in [6, 6.07) is 7.46. The number of amides is 1. The largest absolute Gasteiger partial charge is 0.494 e. The second-order valence-electron chi connectivity index (χ2n) is 6.95. The van der Waals surface area contributed by atoms with Crippen molar-refractivity contribution in [3.63, 3.8) is 0 Å². The van der Waals surface area contributed by atoms with Crippen LogP contribution < -0.4 is 10.1 Å². The van der Waals surface area contributed by atoms with Crippen LogP contribution in [0.4, 0.5) is 10.5 Å². The fraction of sp³-hybridized carbons (Fsp3) is 0.667. The van der Waals surface area contributed by atoms with E-state index in [1.165, 1.54) is 44.9 Å². The highest BCUT2D eigenvalue weighted by Crippen LogP contribution is 2.16. The van der Waals surface area contributed by atoms with Gasteiger partial charge in [-0.25, -0.2) is 4.79 Å². The molecule has 1 aliphatic heterocycles. The normalized spacial score (nSPS) is 14.3. The van der Waals surface area contributed by atoms with Gasteiger partial charge in [-0.15, -0.1) is 0 Å². The van der Waals surface area contributed by atoms with Crippen molar-refractivity contribution in [1.29, 1.82) is 0 Å². The summed E-state index contributed by atoms with van der Waals surface area (Å²) in [7, 11) is 0. The van der Waals surface area contributed by atoms with Crippen molar-refractivity contribution in [2.75, 3.05) is 38.2 Å². The number of rotatable bonds is 12. The molecule has 0 radical (unpaired) electrons.